The molecule has 0 aliphatic heterocycles. The quantitative estimate of drug-likeness (QED) is 0.755. The molecule has 0 saturated carbocycles. The zero-order chi connectivity index (χ0) is 10.4. The number of pyridine rings is 1. The van der Waals surface area contributed by atoms with E-state index in [-0.39, 0.29) is 0 Å². The van der Waals surface area contributed by atoms with Crippen molar-refractivity contribution in [1.82, 2.24) is 4.98 Å². The molecule has 3 nitrogen and oxygen atoms in total. The molecule has 1 aromatic heterocycles. The second-order valence-electron chi connectivity index (χ2n) is 3.62. The van der Waals surface area contributed by atoms with Gasteiger partial charge in [-0.15, -0.1) is 0 Å². The zero-order valence-corrected chi connectivity index (χ0v) is 8.96. The summed E-state index contributed by atoms with van der Waals surface area (Å²) >= 11 is 0. The van der Waals surface area contributed by atoms with Crippen LogP contribution in [0.1, 0.15) is 33.1 Å². The van der Waals surface area contributed by atoms with Gasteiger partial charge in [-0.05, 0) is 25.5 Å². The maximum Gasteiger partial charge on any atom is 0.146 e. The van der Waals surface area contributed by atoms with Crippen LogP contribution in [0.5, 0.6) is 0 Å². The van der Waals surface area contributed by atoms with Crippen molar-refractivity contribution in [1.29, 1.82) is 0 Å². The molecule has 0 bridgehead atoms. The first-order valence-electron chi connectivity index (χ1n) is 5.21. The third-order valence-electron chi connectivity index (χ3n) is 2.23. The van der Waals surface area contributed by atoms with Crippen LogP contribution in [0.15, 0.2) is 18.3 Å². The summed E-state index contributed by atoms with van der Waals surface area (Å²) in [5.74, 6) is 0.579. The smallest absolute Gasteiger partial charge is 0.146 e. The molecule has 0 radical (unpaired) electrons. The highest BCUT2D eigenvalue weighted by Gasteiger charge is 2.03. The SMILES string of the molecule is CCCCC(C)Nc1cccnc1N. The summed E-state index contributed by atoms with van der Waals surface area (Å²) in [4.78, 5) is 4.03. The molecule has 0 fully saturated rings. The highest BCUT2D eigenvalue weighted by atomic mass is 15.0. The van der Waals surface area contributed by atoms with Gasteiger partial charge < -0.3 is 11.1 Å². The Bertz CT molecular complexity index is 273. The van der Waals surface area contributed by atoms with Gasteiger partial charge in [-0.2, -0.15) is 0 Å². The van der Waals surface area contributed by atoms with Gasteiger partial charge in [-0.3, -0.25) is 0 Å². The molecule has 1 heterocycles. The van der Waals surface area contributed by atoms with Gasteiger partial charge in [0.25, 0.3) is 0 Å². The lowest BCUT2D eigenvalue weighted by Gasteiger charge is -2.15. The van der Waals surface area contributed by atoms with Gasteiger partial charge in [-0.1, -0.05) is 19.8 Å². The Morgan fingerprint density at radius 3 is 3.00 bits per heavy atom. The number of nitrogen functional groups attached to an aromatic ring is 1. The first kappa shape index (κ1) is 10.8. The van der Waals surface area contributed by atoms with Crippen LogP contribution in [0.4, 0.5) is 11.5 Å². The Balaban J connectivity index is 2.47. The van der Waals surface area contributed by atoms with Gasteiger partial charge in [0.1, 0.15) is 5.82 Å². The second-order valence-corrected chi connectivity index (χ2v) is 3.62. The number of hydrogen-bond donors (Lipinski definition) is 2. The van der Waals surface area contributed by atoms with E-state index in [2.05, 4.69) is 24.1 Å². The summed E-state index contributed by atoms with van der Waals surface area (Å²) in [5, 5.41) is 3.36. The van der Waals surface area contributed by atoms with E-state index in [1.54, 1.807) is 6.20 Å². The Morgan fingerprint density at radius 1 is 1.57 bits per heavy atom. The minimum atomic E-state index is 0.460. The molecular weight excluding hydrogens is 174 g/mol. The lowest BCUT2D eigenvalue weighted by atomic mass is 10.1. The summed E-state index contributed by atoms with van der Waals surface area (Å²) in [6, 6.07) is 4.32. The number of anilines is 2. The zero-order valence-electron chi connectivity index (χ0n) is 8.96. The number of nitrogens with two attached hydrogens (primary N) is 1. The third kappa shape index (κ3) is 3.24. The topological polar surface area (TPSA) is 50.9 Å². The molecule has 78 valence electrons. The summed E-state index contributed by atoms with van der Waals surface area (Å²) in [6.07, 6.45) is 5.35. The summed E-state index contributed by atoms with van der Waals surface area (Å²) in [5.41, 5.74) is 6.66. The van der Waals surface area contributed by atoms with Gasteiger partial charge in [0.2, 0.25) is 0 Å². The highest BCUT2D eigenvalue weighted by Crippen LogP contribution is 2.16. The first-order chi connectivity index (χ1) is 6.74. The number of hydrogen-bond acceptors (Lipinski definition) is 3. The number of unbranched alkanes of at least 4 members (excludes halogenated alkanes) is 1. The lowest BCUT2D eigenvalue weighted by molar-refractivity contribution is 0.645. The molecule has 0 aliphatic carbocycles. The van der Waals surface area contributed by atoms with Crippen LogP contribution < -0.4 is 11.1 Å². The van der Waals surface area contributed by atoms with Crippen molar-refractivity contribution in [3.63, 3.8) is 0 Å². The van der Waals surface area contributed by atoms with E-state index in [4.69, 9.17) is 5.73 Å². The van der Waals surface area contributed by atoms with Crippen LogP contribution in [0, 0.1) is 0 Å². The van der Waals surface area contributed by atoms with Crippen LogP contribution in [-0.2, 0) is 0 Å². The largest absolute Gasteiger partial charge is 0.382 e. The molecule has 3 N–H and O–H groups in total. The van der Waals surface area contributed by atoms with Crippen molar-refractivity contribution >= 4 is 11.5 Å². The molecule has 1 aromatic rings. The molecule has 0 amide bonds. The standard InChI is InChI=1S/C11H19N3/c1-3-4-6-9(2)14-10-7-5-8-13-11(10)12/h5,7-9,14H,3-4,6H2,1-2H3,(H2,12,13). The lowest BCUT2D eigenvalue weighted by Crippen LogP contribution is -2.16. The molecule has 3 heteroatoms. The van der Waals surface area contributed by atoms with E-state index in [0.717, 1.165) is 5.69 Å². The molecule has 0 aromatic carbocycles. The monoisotopic (exact) mass is 193 g/mol. The van der Waals surface area contributed by atoms with E-state index in [9.17, 15) is 0 Å². The van der Waals surface area contributed by atoms with E-state index in [1.807, 2.05) is 12.1 Å². The van der Waals surface area contributed by atoms with Gasteiger partial charge in [0.05, 0.1) is 5.69 Å². The summed E-state index contributed by atoms with van der Waals surface area (Å²) < 4.78 is 0. The maximum absolute atomic E-state index is 5.72. The Morgan fingerprint density at radius 2 is 2.36 bits per heavy atom. The van der Waals surface area contributed by atoms with Crippen LogP contribution in [0.25, 0.3) is 0 Å². The van der Waals surface area contributed by atoms with Crippen molar-refractivity contribution in [3.8, 4) is 0 Å². The third-order valence-corrected chi connectivity index (χ3v) is 2.23. The van der Waals surface area contributed by atoms with E-state index in [0.29, 0.717) is 11.9 Å². The number of nitrogens with one attached hydrogen (secondary N) is 1. The van der Waals surface area contributed by atoms with E-state index < -0.39 is 0 Å². The van der Waals surface area contributed by atoms with Crippen molar-refractivity contribution in [2.45, 2.75) is 39.2 Å². The van der Waals surface area contributed by atoms with Crippen molar-refractivity contribution < 1.29 is 0 Å². The first-order valence-corrected chi connectivity index (χ1v) is 5.21. The second kappa shape index (κ2) is 5.47. The molecule has 1 rings (SSSR count). The van der Waals surface area contributed by atoms with Crippen molar-refractivity contribution in [3.05, 3.63) is 18.3 Å². The van der Waals surface area contributed by atoms with Crippen molar-refractivity contribution in [2.75, 3.05) is 11.1 Å². The minimum absolute atomic E-state index is 0.460. The normalized spacial score (nSPS) is 12.4. The van der Waals surface area contributed by atoms with Crippen molar-refractivity contribution in [2.24, 2.45) is 0 Å². The number of rotatable bonds is 5. The number of aromatic nitrogens is 1. The molecule has 14 heavy (non-hydrogen) atoms. The summed E-state index contributed by atoms with van der Waals surface area (Å²) in [6.45, 7) is 4.37. The fourth-order valence-corrected chi connectivity index (χ4v) is 1.39. The highest BCUT2D eigenvalue weighted by molar-refractivity contribution is 5.61. The van der Waals surface area contributed by atoms with Gasteiger partial charge in [-0.25, -0.2) is 4.98 Å². The maximum atomic E-state index is 5.72. The molecule has 1 unspecified atom stereocenters. The average Bonchev–Trinajstić information content (AvgIpc) is 2.18. The van der Waals surface area contributed by atoms with Gasteiger partial charge >= 0.3 is 0 Å². The Hall–Kier alpha value is -1.25. The Kier molecular flexibility index (Phi) is 4.23. The molecule has 0 aliphatic rings. The van der Waals surface area contributed by atoms with Gasteiger partial charge in [0.15, 0.2) is 0 Å². The van der Waals surface area contributed by atoms with E-state index in [1.165, 1.54) is 19.3 Å². The predicted octanol–water partition coefficient (Wildman–Crippen LogP) is 2.65. The summed E-state index contributed by atoms with van der Waals surface area (Å²) in [7, 11) is 0. The Labute approximate surface area is 85.7 Å². The molecular formula is C11H19N3. The van der Waals surface area contributed by atoms with Crippen LogP contribution in [-0.4, -0.2) is 11.0 Å². The van der Waals surface area contributed by atoms with E-state index >= 15 is 0 Å². The average molecular weight is 193 g/mol. The van der Waals surface area contributed by atoms with Crippen LogP contribution in [0.3, 0.4) is 0 Å². The fourth-order valence-electron chi connectivity index (χ4n) is 1.39. The minimum Gasteiger partial charge on any atom is -0.382 e. The molecule has 1 atom stereocenters. The van der Waals surface area contributed by atoms with Crippen LogP contribution in [0.2, 0.25) is 0 Å². The van der Waals surface area contributed by atoms with Crippen LogP contribution >= 0.6 is 0 Å². The fraction of sp³-hybridized carbons (Fsp3) is 0.545. The predicted molar refractivity (Wildman–Crippen MR) is 61.3 cm³/mol. The van der Waals surface area contributed by atoms with Gasteiger partial charge in [0, 0.05) is 12.2 Å². The number of nitrogens with zero attached hydrogens (tertiary/aromatic N) is 1. The molecule has 0 saturated heterocycles. The molecule has 0 spiro atoms.